The van der Waals surface area contributed by atoms with E-state index >= 15 is 0 Å². The molecule has 0 unspecified atom stereocenters. The van der Waals surface area contributed by atoms with Gasteiger partial charge in [0.1, 0.15) is 33.8 Å². The zero-order valence-corrected chi connectivity index (χ0v) is 14.6. The second kappa shape index (κ2) is 6.75. The van der Waals surface area contributed by atoms with Crippen molar-refractivity contribution in [3.8, 4) is 17.6 Å². The average molecular weight is 349 g/mol. The van der Waals surface area contributed by atoms with Gasteiger partial charge in [-0.25, -0.2) is 0 Å². The Morgan fingerprint density at radius 3 is 1.96 bits per heavy atom. The largest absolute Gasteiger partial charge is 0.497 e. The Bertz CT molecular complexity index is 909. The van der Waals surface area contributed by atoms with Gasteiger partial charge in [-0.2, -0.15) is 5.26 Å². The molecule has 124 valence electrons. The second-order valence-corrected chi connectivity index (χ2v) is 5.66. The number of nitrogens with zero attached hydrogens (tertiary/aromatic N) is 2. The van der Waals surface area contributed by atoms with Crippen LogP contribution in [0.2, 0.25) is 0 Å². The summed E-state index contributed by atoms with van der Waals surface area (Å²) < 4.78 is 10.4. The lowest BCUT2D eigenvalue weighted by Crippen LogP contribution is -2.26. The standard InChI is InChI=1S/C19H15N3O2S/c1-23-14-7-3-12(4-8-14)18-16(11-20)17(21)19(25)22(18)13-5-9-15(24-2)10-6-13/h3-10,21H,1-2H3. The van der Waals surface area contributed by atoms with Crippen molar-refractivity contribution in [3.05, 3.63) is 59.7 Å². The van der Waals surface area contributed by atoms with E-state index in [2.05, 4.69) is 6.07 Å². The number of methoxy groups -OCH3 is 2. The molecule has 2 aromatic carbocycles. The molecule has 6 heteroatoms. The van der Waals surface area contributed by atoms with E-state index < -0.39 is 0 Å². The first-order valence-corrected chi connectivity index (χ1v) is 7.87. The summed E-state index contributed by atoms with van der Waals surface area (Å²) in [4.78, 5) is 2.05. The van der Waals surface area contributed by atoms with Crippen LogP contribution in [0.1, 0.15) is 5.56 Å². The van der Waals surface area contributed by atoms with Gasteiger partial charge in [0.25, 0.3) is 0 Å². The zero-order chi connectivity index (χ0) is 18.0. The van der Waals surface area contributed by atoms with Crippen molar-refractivity contribution in [1.29, 1.82) is 10.7 Å². The smallest absolute Gasteiger partial charge is 0.137 e. The molecule has 0 spiro atoms. The summed E-state index contributed by atoms with van der Waals surface area (Å²) in [6, 6.07) is 16.8. The Balaban J connectivity index is 2.14. The Kier molecular flexibility index (Phi) is 4.50. The molecule has 0 saturated carbocycles. The molecule has 0 fully saturated rings. The minimum Gasteiger partial charge on any atom is -0.497 e. The highest BCUT2D eigenvalue weighted by atomic mass is 32.1. The van der Waals surface area contributed by atoms with Crippen molar-refractivity contribution in [2.75, 3.05) is 19.1 Å². The summed E-state index contributed by atoms with van der Waals surface area (Å²) in [6.45, 7) is 0. The summed E-state index contributed by atoms with van der Waals surface area (Å²) >= 11 is 5.43. The van der Waals surface area contributed by atoms with Crippen LogP contribution in [0.4, 0.5) is 5.69 Å². The summed E-state index contributed by atoms with van der Waals surface area (Å²) in [7, 11) is 3.20. The summed E-state index contributed by atoms with van der Waals surface area (Å²) in [6.07, 6.45) is 0. The fourth-order valence-electron chi connectivity index (χ4n) is 2.66. The average Bonchev–Trinajstić information content (AvgIpc) is 2.92. The highest BCUT2D eigenvalue weighted by molar-refractivity contribution is 7.82. The van der Waals surface area contributed by atoms with Gasteiger partial charge in [0.2, 0.25) is 0 Å². The highest BCUT2D eigenvalue weighted by Gasteiger charge is 2.34. The minimum absolute atomic E-state index is 0.0548. The monoisotopic (exact) mass is 349 g/mol. The van der Waals surface area contributed by atoms with Crippen LogP contribution >= 0.6 is 12.2 Å². The Labute approximate surface area is 151 Å². The molecule has 5 nitrogen and oxygen atoms in total. The molecule has 0 aromatic heterocycles. The molecule has 3 rings (SSSR count). The van der Waals surface area contributed by atoms with Crippen LogP contribution in [-0.4, -0.2) is 24.9 Å². The number of anilines is 1. The number of hydrogen-bond acceptors (Lipinski definition) is 5. The van der Waals surface area contributed by atoms with E-state index in [1.54, 1.807) is 19.1 Å². The highest BCUT2D eigenvalue weighted by Crippen LogP contribution is 2.36. The maximum Gasteiger partial charge on any atom is 0.137 e. The van der Waals surface area contributed by atoms with Crippen LogP contribution in [0.15, 0.2) is 54.1 Å². The molecule has 1 N–H and O–H groups in total. The van der Waals surface area contributed by atoms with Crippen LogP contribution in [0.25, 0.3) is 5.70 Å². The van der Waals surface area contributed by atoms with Crippen LogP contribution in [0.3, 0.4) is 0 Å². The number of hydrogen-bond donors (Lipinski definition) is 1. The first-order chi connectivity index (χ1) is 12.1. The zero-order valence-electron chi connectivity index (χ0n) is 13.7. The van der Waals surface area contributed by atoms with E-state index in [0.717, 1.165) is 22.7 Å². The maximum absolute atomic E-state index is 9.55. The van der Waals surface area contributed by atoms with Crippen molar-refractivity contribution in [2.24, 2.45) is 0 Å². The summed E-state index contributed by atoms with van der Waals surface area (Å²) in [5.74, 6) is 1.44. The number of ether oxygens (including phenoxy) is 2. The molecule has 1 aliphatic heterocycles. The molecule has 25 heavy (non-hydrogen) atoms. The van der Waals surface area contributed by atoms with Gasteiger partial charge in [-0.1, -0.05) is 12.2 Å². The van der Waals surface area contributed by atoms with Gasteiger partial charge in [-0.3, -0.25) is 10.3 Å². The Morgan fingerprint density at radius 2 is 1.48 bits per heavy atom. The first kappa shape index (κ1) is 16.7. The predicted molar refractivity (Wildman–Crippen MR) is 101 cm³/mol. The summed E-state index contributed by atoms with van der Waals surface area (Å²) in [5, 5.41) is 17.8. The third-order valence-corrected chi connectivity index (χ3v) is 4.32. The number of thiocarbonyl (C=S) groups is 1. The van der Waals surface area contributed by atoms with Gasteiger partial charge < -0.3 is 9.47 Å². The molecule has 0 amide bonds. The molecule has 0 radical (unpaired) electrons. The van der Waals surface area contributed by atoms with Crippen molar-refractivity contribution in [1.82, 2.24) is 0 Å². The lowest BCUT2D eigenvalue weighted by Gasteiger charge is -2.22. The van der Waals surface area contributed by atoms with Crippen LogP contribution in [0, 0.1) is 16.7 Å². The van der Waals surface area contributed by atoms with Crippen LogP contribution < -0.4 is 14.4 Å². The number of nitrogens with one attached hydrogen (secondary N) is 1. The van der Waals surface area contributed by atoms with E-state index in [0.29, 0.717) is 10.7 Å². The molecule has 1 heterocycles. The van der Waals surface area contributed by atoms with Crippen molar-refractivity contribution < 1.29 is 9.47 Å². The van der Waals surface area contributed by atoms with Gasteiger partial charge >= 0.3 is 0 Å². The summed E-state index contributed by atoms with van der Waals surface area (Å²) in [5.41, 5.74) is 2.47. The van der Waals surface area contributed by atoms with Crippen molar-refractivity contribution >= 4 is 34.3 Å². The Hall–Kier alpha value is -3.17. The van der Waals surface area contributed by atoms with Gasteiger partial charge in [-0.15, -0.1) is 0 Å². The number of rotatable bonds is 4. The molecule has 0 bridgehead atoms. The fourth-order valence-corrected chi connectivity index (χ4v) is 2.96. The van der Waals surface area contributed by atoms with E-state index in [4.69, 9.17) is 27.1 Å². The molecule has 0 aliphatic carbocycles. The van der Waals surface area contributed by atoms with Gasteiger partial charge in [0.05, 0.1) is 19.9 Å². The topological polar surface area (TPSA) is 69.3 Å². The lowest BCUT2D eigenvalue weighted by molar-refractivity contribution is 0.414. The second-order valence-electron chi connectivity index (χ2n) is 5.28. The van der Waals surface area contributed by atoms with E-state index in [1.165, 1.54) is 0 Å². The molecule has 0 atom stereocenters. The number of benzene rings is 2. The van der Waals surface area contributed by atoms with Gasteiger partial charge in [-0.05, 0) is 48.5 Å². The first-order valence-electron chi connectivity index (χ1n) is 7.47. The maximum atomic E-state index is 9.55. The quantitative estimate of drug-likeness (QED) is 0.850. The fraction of sp³-hybridized carbons (Fsp3) is 0.105. The molecular formula is C19H15N3O2S. The SMILES string of the molecule is COc1ccc(C2=C(C#N)C(=N)C(=S)N2c2ccc(OC)cc2)cc1. The van der Waals surface area contributed by atoms with E-state index in [1.807, 2.05) is 48.5 Å². The molecular weight excluding hydrogens is 334 g/mol. The van der Waals surface area contributed by atoms with Gasteiger partial charge in [0.15, 0.2) is 0 Å². The van der Waals surface area contributed by atoms with Crippen LogP contribution in [0.5, 0.6) is 11.5 Å². The van der Waals surface area contributed by atoms with Crippen molar-refractivity contribution in [2.45, 2.75) is 0 Å². The van der Waals surface area contributed by atoms with Gasteiger partial charge in [0, 0.05) is 11.3 Å². The van der Waals surface area contributed by atoms with E-state index in [9.17, 15) is 5.26 Å². The normalized spacial score (nSPS) is 13.9. The predicted octanol–water partition coefficient (Wildman–Crippen LogP) is 3.81. The molecule has 0 saturated heterocycles. The molecule has 2 aromatic rings. The number of nitriles is 1. The minimum atomic E-state index is 0.0548. The third-order valence-electron chi connectivity index (χ3n) is 3.93. The Morgan fingerprint density at radius 1 is 0.960 bits per heavy atom. The lowest BCUT2D eigenvalue weighted by atomic mass is 10.1. The van der Waals surface area contributed by atoms with Crippen molar-refractivity contribution in [3.63, 3.8) is 0 Å². The molecule has 1 aliphatic rings. The third kappa shape index (κ3) is 2.86. The van der Waals surface area contributed by atoms with E-state index in [-0.39, 0.29) is 11.3 Å². The van der Waals surface area contributed by atoms with Crippen LogP contribution in [-0.2, 0) is 0 Å².